The van der Waals surface area contributed by atoms with E-state index in [0.29, 0.717) is 6.42 Å². The van der Waals surface area contributed by atoms with Crippen LogP contribution in [0.25, 0.3) is 0 Å². The van der Waals surface area contributed by atoms with E-state index in [1.807, 2.05) is 19.1 Å². The van der Waals surface area contributed by atoms with Crippen LogP contribution in [0.5, 0.6) is 0 Å². The van der Waals surface area contributed by atoms with Crippen LogP contribution in [0.2, 0.25) is 0 Å². The third-order valence-corrected chi connectivity index (χ3v) is 2.34. The second-order valence-corrected chi connectivity index (χ2v) is 3.59. The van der Waals surface area contributed by atoms with Gasteiger partial charge in [0.2, 0.25) is 5.91 Å². The van der Waals surface area contributed by atoms with Crippen molar-refractivity contribution in [1.82, 2.24) is 5.43 Å². The maximum atomic E-state index is 11.0. The first-order valence-electron chi connectivity index (χ1n) is 4.60. The molecule has 0 aliphatic carbocycles. The van der Waals surface area contributed by atoms with Crippen LogP contribution in [0.1, 0.15) is 23.1 Å². The summed E-state index contributed by atoms with van der Waals surface area (Å²) in [4.78, 5) is 11.0. The van der Waals surface area contributed by atoms with Gasteiger partial charge in [-0.05, 0) is 19.4 Å². The third kappa shape index (κ3) is 1.53. The minimum atomic E-state index is -0.0278. The maximum absolute atomic E-state index is 11.0. The van der Waals surface area contributed by atoms with E-state index >= 15 is 0 Å². The fourth-order valence-electron chi connectivity index (χ4n) is 1.65. The highest BCUT2D eigenvalue weighted by Crippen LogP contribution is 2.15. The van der Waals surface area contributed by atoms with Gasteiger partial charge in [-0.2, -0.15) is 5.10 Å². The highest BCUT2D eigenvalue weighted by Gasteiger charge is 2.17. The monoisotopic (exact) mass is 188 g/mol. The molecule has 1 aromatic carbocycles. The van der Waals surface area contributed by atoms with Gasteiger partial charge in [-0.1, -0.05) is 23.8 Å². The van der Waals surface area contributed by atoms with Crippen LogP contribution in [0, 0.1) is 13.8 Å². The summed E-state index contributed by atoms with van der Waals surface area (Å²) in [7, 11) is 0. The first kappa shape index (κ1) is 8.94. The zero-order valence-electron chi connectivity index (χ0n) is 8.29. The van der Waals surface area contributed by atoms with Crippen LogP contribution in [0.4, 0.5) is 0 Å². The van der Waals surface area contributed by atoms with Crippen molar-refractivity contribution in [3.63, 3.8) is 0 Å². The van der Waals surface area contributed by atoms with Gasteiger partial charge in [-0.3, -0.25) is 4.79 Å². The van der Waals surface area contributed by atoms with E-state index < -0.39 is 0 Å². The number of hydrogen-bond acceptors (Lipinski definition) is 2. The summed E-state index contributed by atoms with van der Waals surface area (Å²) in [5, 5.41) is 3.99. The van der Waals surface area contributed by atoms with Gasteiger partial charge in [-0.25, -0.2) is 5.43 Å². The maximum Gasteiger partial charge on any atom is 0.246 e. The SMILES string of the molecule is Cc1ccc(C2=NNC(=O)C2)c(C)c1. The Balaban J connectivity index is 2.38. The first-order valence-corrected chi connectivity index (χ1v) is 4.60. The number of carbonyl (C=O) groups is 1. The Morgan fingerprint density at radius 1 is 1.36 bits per heavy atom. The highest BCUT2D eigenvalue weighted by atomic mass is 16.2. The molecule has 0 saturated carbocycles. The van der Waals surface area contributed by atoms with Gasteiger partial charge >= 0.3 is 0 Å². The van der Waals surface area contributed by atoms with E-state index in [4.69, 9.17) is 0 Å². The molecule has 1 aliphatic rings. The average molecular weight is 188 g/mol. The van der Waals surface area contributed by atoms with Gasteiger partial charge in [0.25, 0.3) is 0 Å². The summed E-state index contributed by atoms with van der Waals surface area (Å²) in [6.07, 6.45) is 0.393. The molecule has 0 bridgehead atoms. The van der Waals surface area contributed by atoms with Crippen LogP contribution in [0.3, 0.4) is 0 Å². The quantitative estimate of drug-likeness (QED) is 0.713. The number of hydrazone groups is 1. The second kappa shape index (κ2) is 3.25. The second-order valence-electron chi connectivity index (χ2n) is 3.59. The Hall–Kier alpha value is -1.64. The first-order chi connectivity index (χ1) is 6.66. The molecule has 1 aliphatic heterocycles. The molecule has 0 atom stereocenters. The van der Waals surface area contributed by atoms with E-state index in [1.54, 1.807) is 0 Å². The van der Waals surface area contributed by atoms with Crippen LogP contribution in [-0.2, 0) is 4.79 Å². The number of benzene rings is 1. The average Bonchev–Trinajstić information content (AvgIpc) is 2.51. The molecule has 14 heavy (non-hydrogen) atoms. The molecular formula is C11H12N2O. The van der Waals surface area contributed by atoms with Crippen LogP contribution >= 0.6 is 0 Å². The van der Waals surface area contributed by atoms with Crippen molar-refractivity contribution in [2.24, 2.45) is 5.10 Å². The van der Waals surface area contributed by atoms with Gasteiger partial charge in [0, 0.05) is 5.56 Å². The van der Waals surface area contributed by atoms with Crippen molar-refractivity contribution in [3.8, 4) is 0 Å². The van der Waals surface area contributed by atoms with E-state index in [2.05, 4.69) is 23.5 Å². The Labute approximate surface area is 82.8 Å². The van der Waals surface area contributed by atoms with Crippen LogP contribution in [-0.4, -0.2) is 11.6 Å². The molecule has 0 spiro atoms. The molecule has 1 heterocycles. The van der Waals surface area contributed by atoms with Gasteiger partial charge in [0.15, 0.2) is 0 Å². The number of hydrogen-bond donors (Lipinski definition) is 1. The van der Waals surface area contributed by atoms with Crippen molar-refractivity contribution in [1.29, 1.82) is 0 Å². The number of aryl methyl sites for hydroxylation is 2. The molecule has 72 valence electrons. The lowest BCUT2D eigenvalue weighted by atomic mass is 10.0. The molecule has 0 radical (unpaired) electrons. The summed E-state index contributed by atoms with van der Waals surface area (Å²) in [5.74, 6) is -0.0278. The van der Waals surface area contributed by atoms with E-state index in [-0.39, 0.29) is 5.91 Å². The van der Waals surface area contributed by atoms with Crippen molar-refractivity contribution >= 4 is 11.6 Å². The van der Waals surface area contributed by atoms with Crippen molar-refractivity contribution in [2.75, 3.05) is 0 Å². The standard InChI is InChI=1S/C11H12N2O/c1-7-3-4-9(8(2)5-7)10-6-11(14)13-12-10/h3-5H,6H2,1-2H3,(H,13,14). The molecule has 3 heteroatoms. The number of amides is 1. The molecule has 0 saturated heterocycles. The Morgan fingerprint density at radius 3 is 2.71 bits per heavy atom. The molecular weight excluding hydrogens is 176 g/mol. The topological polar surface area (TPSA) is 41.5 Å². The summed E-state index contributed by atoms with van der Waals surface area (Å²) >= 11 is 0. The summed E-state index contributed by atoms with van der Waals surface area (Å²) in [5.41, 5.74) is 6.76. The predicted molar refractivity (Wildman–Crippen MR) is 55.2 cm³/mol. The molecule has 1 amide bonds. The Bertz CT molecular complexity index is 421. The minimum Gasteiger partial charge on any atom is -0.273 e. The zero-order chi connectivity index (χ0) is 10.1. The van der Waals surface area contributed by atoms with Gasteiger partial charge in [-0.15, -0.1) is 0 Å². The van der Waals surface area contributed by atoms with Gasteiger partial charge < -0.3 is 0 Å². The molecule has 3 nitrogen and oxygen atoms in total. The number of nitrogens with one attached hydrogen (secondary N) is 1. The van der Waals surface area contributed by atoms with Crippen molar-refractivity contribution in [2.45, 2.75) is 20.3 Å². The normalized spacial score (nSPS) is 15.3. The van der Waals surface area contributed by atoms with Crippen molar-refractivity contribution in [3.05, 3.63) is 34.9 Å². The summed E-state index contributed by atoms with van der Waals surface area (Å²) < 4.78 is 0. The lowest BCUT2D eigenvalue weighted by Crippen LogP contribution is -2.09. The van der Waals surface area contributed by atoms with Crippen LogP contribution in [0.15, 0.2) is 23.3 Å². The molecule has 0 unspecified atom stereocenters. The van der Waals surface area contributed by atoms with E-state index in [1.165, 1.54) is 11.1 Å². The summed E-state index contributed by atoms with van der Waals surface area (Å²) in [6, 6.07) is 6.15. The van der Waals surface area contributed by atoms with Crippen molar-refractivity contribution < 1.29 is 4.79 Å². The van der Waals surface area contributed by atoms with Gasteiger partial charge in [0.05, 0.1) is 12.1 Å². The largest absolute Gasteiger partial charge is 0.273 e. The lowest BCUT2D eigenvalue weighted by Gasteiger charge is -2.04. The fraction of sp³-hybridized carbons (Fsp3) is 0.273. The fourth-order valence-corrected chi connectivity index (χ4v) is 1.65. The molecule has 1 N–H and O–H groups in total. The zero-order valence-corrected chi connectivity index (χ0v) is 8.29. The molecule has 1 aromatic rings. The third-order valence-electron chi connectivity index (χ3n) is 2.34. The lowest BCUT2D eigenvalue weighted by molar-refractivity contribution is -0.119. The molecule has 0 fully saturated rings. The van der Waals surface area contributed by atoms with Gasteiger partial charge in [0.1, 0.15) is 0 Å². The number of nitrogens with zero attached hydrogens (tertiary/aromatic N) is 1. The highest BCUT2D eigenvalue weighted by molar-refractivity contribution is 6.14. The molecule has 0 aromatic heterocycles. The Kier molecular flexibility index (Phi) is 2.08. The number of rotatable bonds is 1. The Morgan fingerprint density at radius 2 is 2.14 bits per heavy atom. The smallest absolute Gasteiger partial charge is 0.246 e. The molecule has 2 rings (SSSR count). The summed E-state index contributed by atoms with van der Waals surface area (Å²) in [6.45, 7) is 4.09. The number of carbonyl (C=O) groups excluding carboxylic acids is 1. The van der Waals surface area contributed by atoms with Crippen LogP contribution < -0.4 is 5.43 Å². The minimum absolute atomic E-state index is 0.0278. The predicted octanol–water partition coefficient (Wildman–Crippen LogP) is 1.53. The van der Waals surface area contributed by atoms with E-state index in [9.17, 15) is 4.79 Å². The van der Waals surface area contributed by atoms with E-state index in [0.717, 1.165) is 11.3 Å².